The van der Waals surface area contributed by atoms with Crippen molar-refractivity contribution in [3.05, 3.63) is 106 Å². The monoisotopic (exact) mass is 505 g/mol. The van der Waals surface area contributed by atoms with Crippen LogP contribution in [0.3, 0.4) is 0 Å². The van der Waals surface area contributed by atoms with E-state index in [1.54, 1.807) is 43.3 Å². The molecule has 0 spiro atoms. The molecule has 2 amide bonds. The van der Waals surface area contributed by atoms with Gasteiger partial charge in [-0.3, -0.25) is 9.59 Å². The number of carbonyl (C=O) groups excluding carboxylic acids is 2. The molecule has 6 nitrogen and oxygen atoms in total. The molecule has 2 N–H and O–H groups in total. The second kappa shape index (κ2) is 11.0. The summed E-state index contributed by atoms with van der Waals surface area (Å²) in [7, 11) is 0. The zero-order chi connectivity index (χ0) is 24.8. The van der Waals surface area contributed by atoms with Crippen molar-refractivity contribution in [1.82, 2.24) is 5.43 Å². The van der Waals surface area contributed by atoms with E-state index in [0.717, 1.165) is 16.3 Å². The molecule has 0 aliphatic carbocycles. The molecule has 35 heavy (non-hydrogen) atoms. The normalized spacial score (nSPS) is 11.2. The summed E-state index contributed by atoms with van der Waals surface area (Å²) in [6.07, 6.45) is 0. The van der Waals surface area contributed by atoms with Crippen molar-refractivity contribution in [2.45, 2.75) is 6.92 Å². The van der Waals surface area contributed by atoms with Crippen molar-refractivity contribution < 1.29 is 14.3 Å². The first-order valence-corrected chi connectivity index (χ1v) is 11.5. The summed E-state index contributed by atoms with van der Waals surface area (Å²) in [6.45, 7) is 1.61. The number of anilines is 1. The Morgan fingerprint density at radius 3 is 2.37 bits per heavy atom. The molecule has 0 aliphatic rings. The average Bonchev–Trinajstić information content (AvgIpc) is 2.86. The number of ether oxygens (including phenoxy) is 1. The van der Waals surface area contributed by atoms with E-state index in [1.807, 2.05) is 42.5 Å². The molecule has 0 saturated carbocycles. The van der Waals surface area contributed by atoms with Crippen LogP contribution in [0.15, 0.2) is 90.0 Å². The van der Waals surface area contributed by atoms with Crippen LogP contribution in [0, 0.1) is 0 Å². The van der Waals surface area contributed by atoms with Gasteiger partial charge in [-0.25, -0.2) is 5.43 Å². The largest absolute Gasteiger partial charge is 0.484 e. The maximum absolute atomic E-state index is 12.4. The highest BCUT2D eigenvalue weighted by Crippen LogP contribution is 2.23. The van der Waals surface area contributed by atoms with Gasteiger partial charge in [0.05, 0.1) is 16.3 Å². The van der Waals surface area contributed by atoms with Crippen LogP contribution in [0.4, 0.5) is 5.69 Å². The molecule has 0 aromatic heterocycles. The second-order valence-corrected chi connectivity index (χ2v) is 8.53. The van der Waals surface area contributed by atoms with Crippen molar-refractivity contribution in [1.29, 1.82) is 0 Å². The molecule has 0 unspecified atom stereocenters. The minimum atomic E-state index is -0.374. The molecule has 0 fully saturated rings. The van der Waals surface area contributed by atoms with Crippen LogP contribution in [-0.4, -0.2) is 24.1 Å². The molecule has 0 saturated heterocycles. The zero-order valence-corrected chi connectivity index (χ0v) is 20.2. The average molecular weight is 506 g/mol. The fourth-order valence-electron chi connectivity index (χ4n) is 3.32. The van der Waals surface area contributed by atoms with Crippen molar-refractivity contribution >= 4 is 57.2 Å². The number of nitrogens with zero attached hydrogens (tertiary/aromatic N) is 1. The van der Waals surface area contributed by atoms with Crippen molar-refractivity contribution in [3.63, 3.8) is 0 Å². The molecule has 0 atom stereocenters. The Labute approximate surface area is 212 Å². The highest BCUT2D eigenvalue weighted by atomic mass is 35.5. The first kappa shape index (κ1) is 24.3. The van der Waals surface area contributed by atoms with E-state index in [1.165, 1.54) is 6.07 Å². The molecule has 0 radical (unpaired) electrons. The highest BCUT2D eigenvalue weighted by molar-refractivity contribution is 6.37. The van der Waals surface area contributed by atoms with E-state index >= 15 is 0 Å². The summed E-state index contributed by atoms with van der Waals surface area (Å²) < 4.78 is 5.58. The third-order valence-electron chi connectivity index (χ3n) is 5.18. The van der Waals surface area contributed by atoms with Crippen LogP contribution >= 0.6 is 23.2 Å². The Hall–Kier alpha value is -3.87. The number of amides is 2. The molecule has 0 bridgehead atoms. The second-order valence-electron chi connectivity index (χ2n) is 7.69. The standard InChI is InChI=1S/C27H21Cl2N3O3/c1-17(31-32-26(33)16-35-23-12-8-19-4-2-3-5-20(19)14-23)18-6-10-22(11-7-18)30-27(34)24-13-9-21(28)15-25(24)29/h2-15H,16H2,1H3,(H,30,34)(H,32,33)/b31-17-. The van der Waals surface area contributed by atoms with Crippen LogP contribution in [0.1, 0.15) is 22.8 Å². The Balaban J connectivity index is 1.30. The summed E-state index contributed by atoms with van der Waals surface area (Å²) >= 11 is 12.0. The number of halogens is 2. The maximum atomic E-state index is 12.4. The summed E-state index contributed by atoms with van der Waals surface area (Å²) in [6, 6.07) is 25.3. The van der Waals surface area contributed by atoms with Crippen LogP contribution in [0.2, 0.25) is 10.0 Å². The minimum Gasteiger partial charge on any atom is -0.484 e. The number of hydrogen-bond donors (Lipinski definition) is 2. The van der Waals surface area contributed by atoms with Gasteiger partial charge in [0, 0.05) is 10.7 Å². The van der Waals surface area contributed by atoms with Gasteiger partial charge in [-0.05, 0) is 65.7 Å². The van der Waals surface area contributed by atoms with Crippen LogP contribution in [0.25, 0.3) is 10.8 Å². The Morgan fingerprint density at radius 1 is 0.886 bits per heavy atom. The van der Waals surface area contributed by atoms with E-state index in [0.29, 0.717) is 27.7 Å². The van der Waals surface area contributed by atoms with Gasteiger partial charge in [-0.15, -0.1) is 0 Å². The predicted octanol–water partition coefficient (Wildman–Crippen LogP) is 6.32. The van der Waals surface area contributed by atoms with Gasteiger partial charge >= 0.3 is 0 Å². The molecule has 0 aliphatic heterocycles. The molecule has 4 rings (SSSR count). The molecule has 4 aromatic carbocycles. The summed E-state index contributed by atoms with van der Waals surface area (Å²) in [4.78, 5) is 24.6. The van der Waals surface area contributed by atoms with Gasteiger partial charge in [0.1, 0.15) is 5.75 Å². The number of fused-ring (bicyclic) bond motifs is 1. The Morgan fingerprint density at radius 2 is 1.63 bits per heavy atom. The molecule has 0 heterocycles. The van der Waals surface area contributed by atoms with Crippen molar-refractivity contribution in [2.75, 3.05) is 11.9 Å². The number of hydrogen-bond acceptors (Lipinski definition) is 4. The first-order chi connectivity index (χ1) is 16.9. The van der Waals surface area contributed by atoms with Gasteiger partial charge in [0.15, 0.2) is 6.61 Å². The fourth-order valence-corrected chi connectivity index (χ4v) is 3.81. The van der Waals surface area contributed by atoms with Crippen molar-refractivity contribution in [2.24, 2.45) is 5.10 Å². The van der Waals surface area contributed by atoms with Crippen LogP contribution in [-0.2, 0) is 4.79 Å². The van der Waals surface area contributed by atoms with Gasteiger partial charge in [0.2, 0.25) is 0 Å². The van der Waals surface area contributed by atoms with E-state index in [4.69, 9.17) is 27.9 Å². The molecule has 4 aromatic rings. The van der Waals surface area contributed by atoms with Gasteiger partial charge < -0.3 is 10.1 Å². The number of benzene rings is 4. The van der Waals surface area contributed by atoms with Gasteiger partial charge in [-0.2, -0.15) is 5.10 Å². The Bertz CT molecular complexity index is 1420. The Kier molecular flexibility index (Phi) is 7.65. The maximum Gasteiger partial charge on any atom is 0.277 e. The minimum absolute atomic E-state index is 0.159. The lowest BCUT2D eigenvalue weighted by Crippen LogP contribution is -2.25. The summed E-state index contributed by atoms with van der Waals surface area (Å²) in [5.41, 5.74) is 4.79. The highest BCUT2D eigenvalue weighted by Gasteiger charge is 2.11. The number of rotatable bonds is 7. The molecular formula is C27H21Cl2N3O3. The van der Waals surface area contributed by atoms with Gasteiger partial charge in [-0.1, -0.05) is 65.7 Å². The van der Waals surface area contributed by atoms with E-state index in [9.17, 15) is 9.59 Å². The van der Waals surface area contributed by atoms with Gasteiger partial charge in [0.25, 0.3) is 11.8 Å². The van der Waals surface area contributed by atoms with E-state index in [2.05, 4.69) is 15.8 Å². The van der Waals surface area contributed by atoms with E-state index < -0.39 is 0 Å². The first-order valence-electron chi connectivity index (χ1n) is 10.7. The third-order valence-corrected chi connectivity index (χ3v) is 5.72. The lowest BCUT2D eigenvalue weighted by molar-refractivity contribution is -0.123. The SMILES string of the molecule is C/C(=N/NC(=O)COc1ccc2ccccc2c1)c1ccc(NC(=O)c2ccc(Cl)cc2Cl)cc1. The van der Waals surface area contributed by atoms with Crippen molar-refractivity contribution in [3.8, 4) is 5.75 Å². The molecular weight excluding hydrogens is 485 g/mol. The van der Waals surface area contributed by atoms with Crippen LogP contribution in [0.5, 0.6) is 5.75 Å². The lowest BCUT2D eigenvalue weighted by atomic mass is 10.1. The molecule has 8 heteroatoms. The topological polar surface area (TPSA) is 79.8 Å². The predicted molar refractivity (Wildman–Crippen MR) is 141 cm³/mol. The summed E-state index contributed by atoms with van der Waals surface area (Å²) in [5, 5.41) is 9.79. The quantitative estimate of drug-likeness (QED) is 0.228. The fraction of sp³-hybridized carbons (Fsp3) is 0.0741. The zero-order valence-electron chi connectivity index (χ0n) is 18.7. The third kappa shape index (κ3) is 6.38. The molecule has 176 valence electrons. The smallest absolute Gasteiger partial charge is 0.277 e. The van der Waals surface area contributed by atoms with Crippen LogP contribution < -0.4 is 15.5 Å². The number of hydrazone groups is 1. The lowest BCUT2D eigenvalue weighted by Gasteiger charge is -2.09. The number of carbonyl (C=O) groups is 2. The summed E-state index contributed by atoms with van der Waals surface area (Å²) in [5.74, 6) is -0.109. The number of nitrogens with one attached hydrogen (secondary N) is 2. The van der Waals surface area contributed by atoms with E-state index in [-0.39, 0.29) is 23.4 Å².